The molecule has 3 rings (SSSR count). The summed E-state index contributed by atoms with van der Waals surface area (Å²) in [5.74, 6) is -0.112. The highest BCUT2D eigenvalue weighted by Crippen LogP contribution is 2.43. The van der Waals surface area contributed by atoms with Crippen molar-refractivity contribution < 1.29 is 9.59 Å². The van der Waals surface area contributed by atoms with Gasteiger partial charge in [-0.1, -0.05) is 48.5 Å². The quantitative estimate of drug-likeness (QED) is 0.907. The second-order valence-corrected chi connectivity index (χ2v) is 6.78. The molecule has 0 aromatic heterocycles. The van der Waals surface area contributed by atoms with Gasteiger partial charge in [0.25, 0.3) is 0 Å². The maximum atomic E-state index is 13.0. The molecule has 0 spiro atoms. The Hall–Kier alpha value is -2.62. The highest BCUT2D eigenvalue weighted by Gasteiger charge is 2.47. The zero-order chi connectivity index (χ0) is 18.0. The van der Waals surface area contributed by atoms with Crippen LogP contribution in [0, 0.1) is 0 Å². The third-order valence-electron chi connectivity index (χ3n) is 5.01. The van der Waals surface area contributed by atoms with Crippen molar-refractivity contribution in [3.8, 4) is 0 Å². The number of likely N-dealkylation sites (N-methyl/N-ethyl adjacent to an activating group) is 1. The first-order valence-corrected chi connectivity index (χ1v) is 8.73. The predicted octanol–water partition coefficient (Wildman–Crippen LogP) is 3.58. The van der Waals surface area contributed by atoms with Crippen LogP contribution in [0.3, 0.4) is 0 Å². The molecule has 0 bridgehead atoms. The molecule has 1 heterocycles. The van der Waals surface area contributed by atoms with Crippen molar-refractivity contribution in [2.45, 2.75) is 38.6 Å². The van der Waals surface area contributed by atoms with Gasteiger partial charge in [0, 0.05) is 18.7 Å². The van der Waals surface area contributed by atoms with Gasteiger partial charge in [0.1, 0.15) is 0 Å². The number of benzene rings is 2. The van der Waals surface area contributed by atoms with Gasteiger partial charge in [-0.25, -0.2) is 0 Å². The molecule has 1 aliphatic heterocycles. The Balaban J connectivity index is 1.80. The average Bonchev–Trinajstić information content (AvgIpc) is 2.83. The number of para-hydroxylation sites is 1. The minimum absolute atomic E-state index is 0.00119. The summed E-state index contributed by atoms with van der Waals surface area (Å²) in [6.07, 6.45) is 0.149. The number of amides is 2. The smallest absolute Gasteiger partial charge is 0.237 e. The van der Waals surface area contributed by atoms with Crippen molar-refractivity contribution in [1.29, 1.82) is 0 Å². The summed E-state index contributed by atoms with van der Waals surface area (Å²) in [4.78, 5) is 27.4. The Bertz CT molecular complexity index is 787. The van der Waals surface area contributed by atoms with Gasteiger partial charge in [0.15, 0.2) is 0 Å². The number of anilines is 1. The summed E-state index contributed by atoms with van der Waals surface area (Å²) in [5, 5.41) is 3.02. The molecule has 25 heavy (non-hydrogen) atoms. The number of hydrogen-bond donors (Lipinski definition) is 1. The molecule has 1 aliphatic rings. The van der Waals surface area contributed by atoms with E-state index in [2.05, 4.69) is 5.32 Å². The fraction of sp³-hybridized carbons (Fsp3) is 0.333. The first-order valence-electron chi connectivity index (χ1n) is 8.73. The molecule has 4 heteroatoms. The lowest BCUT2D eigenvalue weighted by molar-refractivity contribution is -0.129. The Morgan fingerprint density at radius 1 is 1.12 bits per heavy atom. The molecule has 0 radical (unpaired) electrons. The summed E-state index contributed by atoms with van der Waals surface area (Å²) in [7, 11) is 0. The number of carbonyl (C=O) groups is 2. The Labute approximate surface area is 148 Å². The van der Waals surface area contributed by atoms with Crippen LogP contribution in [-0.4, -0.2) is 18.4 Å². The fourth-order valence-corrected chi connectivity index (χ4v) is 3.62. The van der Waals surface area contributed by atoms with Crippen LogP contribution < -0.4 is 10.2 Å². The van der Waals surface area contributed by atoms with Gasteiger partial charge >= 0.3 is 0 Å². The van der Waals surface area contributed by atoms with Crippen molar-refractivity contribution >= 4 is 17.5 Å². The van der Waals surface area contributed by atoms with Crippen molar-refractivity contribution in [2.75, 3.05) is 11.4 Å². The number of rotatable bonds is 5. The number of nitrogens with one attached hydrogen (secondary N) is 1. The fourth-order valence-electron chi connectivity index (χ4n) is 3.62. The zero-order valence-corrected chi connectivity index (χ0v) is 15.0. The summed E-state index contributed by atoms with van der Waals surface area (Å²) in [5.41, 5.74) is 2.09. The molecular weight excluding hydrogens is 312 g/mol. The van der Waals surface area contributed by atoms with Crippen LogP contribution >= 0.6 is 0 Å². The van der Waals surface area contributed by atoms with Gasteiger partial charge in [0.05, 0.1) is 11.5 Å². The number of carbonyl (C=O) groups excluding carboxylic acids is 2. The van der Waals surface area contributed by atoms with E-state index in [9.17, 15) is 9.59 Å². The summed E-state index contributed by atoms with van der Waals surface area (Å²) >= 11 is 0. The minimum Gasteiger partial charge on any atom is -0.350 e. The number of nitrogens with zero attached hydrogens (tertiary/aromatic N) is 1. The Morgan fingerprint density at radius 2 is 1.76 bits per heavy atom. The summed E-state index contributed by atoms with van der Waals surface area (Å²) in [6, 6.07) is 17.5. The van der Waals surface area contributed by atoms with Crippen LogP contribution in [0.25, 0.3) is 0 Å². The van der Waals surface area contributed by atoms with E-state index in [-0.39, 0.29) is 24.3 Å². The SMILES string of the molecule is CCN1C(=O)[C@](C)(CC(=O)N[C@H](C)c2ccccc2)c2ccccc21. The van der Waals surface area contributed by atoms with Gasteiger partial charge < -0.3 is 10.2 Å². The van der Waals surface area contributed by atoms with E-state index < -0.39 is 5.41 Å². The van der Waals surface area contributed by atoms with Crippen LogP contribution in [0.2, 0.25) is 0 Å². The first kappa shape index (κ1) is 17.2. The molecule has 0 saturated heterocycles. The van der Waals surface area contributed by atoms with E-state index >= 15 is 0 Å². The van der Waals surface area contributed by atoms with Gasteiger partial charge in [-0.3, -0.25) is 9.59 Å². The highest BCUT2D eigenvalue weighted by molar-refractivity contribution is 6.09. The lowest BCUT2D eigenvalue weighted by atomic mass is 9.80. The molecule has 2 atom stereocenters. The van der Waals surface area contributed by atoms with Crippen LogP contribution in [0.4, 0.5) is 5.69 Å². The molecule has 2 amide bonds. The third kappa shape index (κ3) is 3.04. The van der Waals surface area contributed by atoms with E-state index in [0.29, 0.717) is 6.54 Å². The molecule has 0 saturated carbocycles. The molecule has 2 aromatic carbocycles. The van der Waals surface area contributed by atoms with Crippen molar-refractivity contribution in [1.82, 2.24) is 5.32 Å². The molecule has 0 fully saturated rings. The maximum Gasteiger partial charge on any atom is 0.237 e. The van der Waals surface area contributed by atoms with Gasteiger partial charge in [-0.05, 0) is 38.0 Å². The topological polar surface area (TPSA) is 49.4 Å². The molecule has 0 unspecified atom stereocenters. The molecule has 1 N–H and O–H groups in total. The van der Waals surface area contributed by atoms with E-state index in [4.69, 9.17) is 0 Å². The van der Waals surface area contributed by atoms with Gasteiger partial charge in [0.2, 0.25) is 11.8 Å². The first-order chi connectivity index (χ1) is 12.0. The average molecular weight is 336 g/mol. The lowest BCUT2D eigenvalue weighted by Gasteiger charge is -2.24. The van der Waals surface area contributed by atoms with Gasteiger partial charge in [-0.2, -0.15) is 0 Å². The molecule has 4 nitrogen and oxygen atoms in total. The van der Waals surface area contributed by atoms with E-state index in [1.807, 2.05) is 75.4 Å². The van der Waals surface area contributed by atoms with Crippen molar-refractivity contribution in [3.05, 3.63) is 65.7 Å². The molecule has 0 aliphatic carbocycles. The van der Waals surface area contributed by atoms with Crippen LogP contribution in [0.5, 0.6) is 0 Å². The second kappa shape index (κ2) is 6.71. The standard InChI is InChI=1S/C21H24N2O2/c1-4-23-18-13-9-8-12-17(18)21(3,20(23)25)14-19(24)22-15(2)16-10-6-5-7-11-16/h5-13,15H,4,14H2,1-3H3,(H,22,24)/t15-,21-/m1/s1. The number of hydrogen-bond acceptors (Lipinski definition) is 2. The predicted molar refractivity (Wildman–Crippen MR) is 99.4 cm³/mol. The largest absolute Gasteiger partial charge is 0.350 e. The van der Waals surface area contributed by atoms with Crippen LogP contribution in [-0.2, 0) is 15.0 Å². The molecule has 130 valence electrons. The lowest BCUT2D eigenvalue weighted by Crippen LogP contribution is -2.42. The number of fused-ring (bicyclic) bond motifs is 1. The van der Waals surface area contributed by atoms with Crippen molar-refractivity contribution in [2.24, 2.45) is 0 Å². The summed E-state index contributed by atoms with van der Waals surface area (Å²) in [6.45, 7) is 6.39. The van der Waals surface area contributed by atoms with E-state index in [1.54, 1.807) is 4.90 Å². The molecular formula is C21H24N2O2. The Morgan fingerprint density at radius 3 is 2.44 bits per heavy atom. The van der Waals surface area contributed by atoms with Gasteiger partial charge in [-0.15, -0.1) is 0 Å². The Kier molecular flexibility index (Phi) is 4.62. The van der Waals surface area contributed by atoms with E-state index in [0.717, 1.165) is 16.8 Å². The van der Waals surface area contributed by atoms with Crippen LogP contribution in [0.15, 0.2) is 54.6 Å². The monoisotopic (exact) mass is 336 g/mol. The highest BCUT2D eigenvalue weighted by atomic mass is 16.2. The normalized spacial score (nSPS) is 20.3. The van der Waals surface area contributed by atoms with E-state index in [1.165, 1.54) is 0 Å². The van der Waals surface area contributed by atoms with Crippen molar-refractivity contribution in [3.63, 3.8) is 0 Å². The third-order valence-corrected chi connectivity index (χ3v) is 5.01. The zero-order valence-electron chi connectivity index (χ0n) is 15.0. The summed E-state index contributed by atoms with van der Waals surface area (Å²) < 4.78 is 0. The second-order valence-electron chi connectivity index (χ2n) is 6.78. The molecule has 2 aromatic rings. The minimum atomic E-state index is -0.812. The maximum absolute atomic E-state index is 13.0. The van der Waals surface area contributed by atoms with Crippen LogP contribution in [0.1, 0.15) is 44.4 Å².